The smallest absolute Gasteiger partial charge is 0.306 e. The van der Waals surface area contributed by atoms with E-state index in [4.69, 9.17) is 18.9 Å². The number of esters is 2. The van der Waals surface area contributed by atoms with E-state index < -0.39 is 55.4 Å². The fourth-order valence-electron chi connectivity index (χ4n) is 5.74. The summed E-state index contributed by atoms with van der Waals surface area (Å²) < 4.78 is 22.0. The van der Waals surface area contributed by atoms with Gasteiger partial charge in [0.05, 0.1) is 13.2 Å². The normalized spacial score (nSPS) is 21.3. The van der Waals surface area contributed by atoms with Crippen LogP contribution in [-0.4, -0.2) is 89.0 Å². The van der Waals surface area contributed by atoms with Crippen LogP contribution in [0, 0.1) is 0 Å². The van der Waals surface area contributed by atoms with Gasteiger partial charge in [-0.15, -0.1) is 0 Å². The number of ether oxygens (including phenoxy) is 4. The van der Waals surface area contributed by atoms with Crippen LogP contribution in [0.1, 0.15) is 149 Å². The Bertz CT molecular complexity index is 1070. The van der Waals surface area contributed by atoms with Gasteiger partial charge in [0.25, 0.3) is 0 Å². The highest BCUT2D eigenvalue weighted by molar-refractivity contribution is 5.70. The first kappa shape index (κ1) is 49.4. The van der Waals surface area contributed by atoms with Crippen molar-refractivity contribution in [1.82, 2.24) is 0 Å². The van der Waals surface area contributed by atoms with Crippen molar-refractivity contribution in [3.05, 3.63) is 60.8 Å². The van der Waals surface area contributed by atoms with Crippen molar-refractivity contribution in [2.45, 2.75) is 185 Å². The molecule has 1 aliphatic rings. The van der Waals surface area contributed by atoms with Crippen molar-refractivity contribution in [3.8, 4) is 0 Å². The number of rotatable bonds is 33. The Labute approximate surface area is 326 Å². The van der Waals surface area contributed by atoms with Crippen molar-refractivity contribution in [2.24, 2.45) is 0 Å². The molecule has 10 nitrogen and oxygen atoms in total. The van der Waals surface area contributed by atoms with E-state index >= 15 is 0 Å². The van der Waals surface area contributed by atoms with Crippen molar-refractivity contribution in [2.75, 3.05) is 19.8 Å². The molecular formula is C44H74O10. The molecule has 0 saturated carbocycles. The number of carbonyl (C=O) groups is 2. The number of hydrogen-bond donors (Lipinski definition) is 4. The Morgan fingerprint density at radius 3 is 1.65 bits per heavy atom. The molecule has 4 N–H and O–H groups in total. The Morgan fingerprint density at radius 2 is 1.06 bits per heavy atom. The van der Waals surface area contributed by atoms with E-state index in [2.05, 4.69) is 74.6 Å². The molecule has 0 aromatic carbocycles. The zero-order valence-electron chi connectivity index (χ0n) is 33.4. The third kappa shape index (κ3) is 26.2. The van der Waals surface area contributed by atoms with Gasteiger partial charge in [0.1, 0.15) is 31.0 Å². The van der Waals surface area contributed by atoms with Gasteiger partial charge in [0.15, 0.2) is 12.4 Å². The molecule has 6 atom stereocenters. The summed E-state index contributed by atoms with van der Waals surface area (Å²) in [6, 6.07) is 0. The maximum absolute atomic E-state index is 12.7. The van der Waals surface area contributed by atoms with E-state index in [1.54, 1.807) is 0 Å². The van der Waals surface area contributed by atoms with Crippen LogP contribution in [-0.2, 0) is 28.5 Å². The molecule has 310 valence electrons. The second kappa shape index (κ2) is 34.9. The van der Waals surface area contributed by atoms with E-state index in [1.165, 1.54) is 32.1 Å². The highest BCUT2D eigenvalue weighted by Gasteiger charge is 2.44. The van der Waals surface area contributed by atoms with Crippen LogP contribution in [0.4, 0.5) is 0 Å². The molecule has 0 aromatic heterocycles. The lowest BCUT2D eigenvalue weighted by Crippen LogP contribution is -2.59. The van der Waals surface area contributed by atoms with Crippen molar-refractivity contribution in [3.63, 3.8) is 0 Å². The Morgan fingerprint density at radius 1 is 0.574 bits per heavy atom. The van der Waals surface area contributed by atoms with E-state index in [9.17, 15) is 30.0 Å². The summed E-state index contributed by atoms with van der Waals surface area (Å²) in [5, 5.41) is 40.0. The summed E-state index contributed by atoms with van der Waals surface area (Å²) in [7, 11) is 0. The maximum Gasteiger partial charge on any atom is 0.306 e. The molecular weight excluding hydrogens is 688 g/mol. The monoisotopic (exact) mass is 763 g/mol. The highest BCUT2D eigenvalue weighted by Crippen LogP contribution is 2.22. The van der Waals surface area contributed by atoms with E-state index in [-0.39, 0.29) is 26.1 Å². The van der Waals surface area contributed by atoms with Gasteiger partial charge in [-0.2, -0.15) is 0 Å². The largest absolute Gasteiger partial charge is 0.462 e. The molecule has 0 aromatic rings. The third-order valence-electron chi connectivity index (χ3n) is 9.13. The first-order valence-electron chi connectivity index (χ1n) is 20.9. The maximum atomic E-state index is 12.7. The highest BCUT2D eigenvalue weighted by atomic mass is 16.7. The second-order valence-corrected chi connectivity index (χ2v) is 14.1. The molecule has 0 bridgehead atoms. The van der Waals surface area contributed by atoms with Crippen LogP contribution < -0.4 is 0 Å². The summed E-state index contributed by atoms with van der Waals surface area (Å²) in [5.74, 6) is -0.874. The van der Waals surface area contributed by atoms with Crippen LogP contribution in [0.5, 0.6) is 0 Å². The third-order valence-corrected chi connectivity index (χ3v) is 9.13. The second-order valence-electron chi connectivity index (χ2n) is 14.1. The average molecular weight is 763 g/mol. The zero-order chi connectivity index (χ0) is 39.5. The molecule has 1 heterocycles. The van der Waals surface area contributed by atoms with Crippen molar-refractivity contribution in [1.29, 1.82) is 0 Å². The van der Waals surface area contributed by atoms with E-state index in [0.717, 1.165) is 77.0 Å². The minimum atomic E-state index is -1.60. The number of allylic oxidation sites excluding steroid dienone is 10. The molecule has 1 rings (SSSR count). The lowest BCUT2D eigenvalue weighted by atomic mass is 9.99. The van der Waals surface area contributed by atoms with Gasteiger partial charge < -0.3 is 39.4 Å². The fraction of sp³-hybridized carbons (Fsp3) is 0.727. The summed E-state index contributed by atoms with van der Waals surface area (Å²) in [5.41, 5.74) is 0. The molecule has 54 heavy (non-hydrogen) atoms. The van der Waals surface area contributed by atoms with Gasteiger partial charge in [-0.1, -0.05) is 120 Å². The summed E-state index contributed by atoms with van der Waals surface area (Å²) in [6.07, 6.45) is 33.7. The number of hydrogen-bond acceptors (Lipinski definition) is 10. The lowest BCUT2D eigenvalue weighted by molar-refractivity contribution is -0.305. The molecule has 0 radical (unpaired) electrons. The number of aliphatic hydroxyl groups is 4. The van der Waals surface area contributed by atoms with Crippen molar-refractivity contribution < 1.29 is 49.0 Å². The number of unbranched alkanes of at least 4 members (excludes halogenated alkanes) is 12. The van der Waals surface area contributed by atoms with Crippen LogP contribution in [0.15, 0.2) is 60.8 Å². The molecule has 1 saturated heterocycles. The molecule has 2 unspecified atom stereocenters. The molecule has 1 aliphatic heterocycles. The molecule has 0 amide bonds. The first-order valence-corrected chi connectivity index (χ1v) is 20.9. The Kier molecular flexibility index (Phi) is 31.9. The SMILES string of the molecule is CCCC/C=C/C/C=C/CCCCCCCC(=O)O[C@@H](COC(=O)CCCC/C=C/C/C=C/C/C=C/CCCCC)CO[C@H]1O[C@@H](CO)[C@@H](O)C(O)C1O. The number of carbonyl (C=O) groups excluding carboxylic acids is 2. The predicted octanol–water partition coefficient (Wildman–Crippen LogP) is 8.27. The van der Waals surface area contributed by atoms with Gasteiger partial charge in [-0.3, -0.25) is 9.59 Å². The van der Waals surface area contributed by atoms with Gasteiger partial charge in [0, 0.05) is 12.8 Å². The zero-order valence-corrected chi connectivity index (χ0v) is 33.4. The van der Waals surface area contributed by atoms with Gasteiger partial charge in [-0.25, -0.2) is 0 Å². The molecule has 0 aliphatic carbocycles. The number of aliphatic hydroxyl groups excluding tert-OH is 4. The summed E-state index contributed by atoms with van der Waals surface area (Å²) in [4.78, 5) is 25.2. The minimum absolute atomic E-state index is 0.203. The Balaban J connectivity index is 2.42. The fourth-order valence-corrected chi connectivity index (χ4v) is 5.74. The van der Waals surface area contributed by atoms with Gasteiger partial charge in [0.2, 0.25) is 0 Å². The lowest BCUT2D eigenvalue weighted by Gasteiger charge is -2.39. The standard InChI is InChI=1S/C44H74O10/c1-3-5-7-9-11-13-15-17-19-21-22-24-26-28-30-32-39(46)51-35-37(36-52-44-43(50)42(49)41(48)38(34-45)54-44)53-40(47)33-31-29-27-25-23-20-18-16-14-12-10-8-6-4-2/h10-13,16-19,22,24,37-38,41-45,48-50H,3-9,14-15,20-21,23,25-36H2,1-2H3/b12-10+,13-11+,18-16+,19-17+,24-22+/t37-,38-,41+,42?,43?,44-/m0/s1. The molecule has 10 heteroatoms. The minimum Gasteiger partial charge on any atom is -0.462 e. The van der Waals surface area contributed by atoms with Crippen LogP contribution in [0.3, 0.4) is 0 Å². The first-order chi connectivity index (χ1) is 26.3. The van der Waals surface area contributed by atoms with Crippen LogP contribution in [0.2, 0.25) is 0 Å². The quantitative estimate of drug-likeness (QED) is 0.0292. The summed E-state index contributed by atoms with van der Waals surface area (Å²) >= 11 is 0. The van der Waals surface area contributed by atoms with E-state index in [0.29, 0.717) is 12.8 Å². The topological polar surface area (TPSA) is 152 Å². The molecule has 0 spiro atoms. The van der Waals surface area contributed by atoms with Crippen molar-refractivity contribution >= 4 is 11.9 Å². The van der Waals surface area contributed by atoms with Crippen LogP contribution >= 0.6 is 0 Å². The van der Waals surface area contributed by atoms with Crippen LogP contribution in [0.25, 0.3) is 0 Å². The predicted molar refractivity (Wildman–Crippen MR) is 215 cm³/mol. The average Bonchev–Trinajstić information content (AvgIpc) is 3.17. The van der Waals surface area contributed by atoms with Gasteiger partial charge in [-0.05, 0) is 77.0 Å². The molecule has 1 fully saturated rings. The van der Waals surface area contributed by atoms with E-state index in [1.807, 2.05) is 0 Å². The van der Waals surface area contributed by atoms with Gasteiger partial charge >= 0.3 is 11.9 Å². The summed E-state index contributed by atoms with van der Waals surface area (Å²) in [6.45, 7) is 3.27. The Hall–Kier alpha value is -2.60.